The van der Waals surface area contributed by atoms with E-state index in [1.807, 2.05) is 12.4 Å². The van der Waals surface area contributed by atoms with Gasteiger partial charge in [-0.25, -0.2) is 14.5 Å². The molecule has 7 rings (SSSR count). The lowest BCUT2D eigenvalue weighted by Crippen LogP contribution is -2.44. The second-order valence-corrected chi connectivity index (χ2v) is 9.12. The van der Waals surface area contributed by atoms with Crippen LogP contribution in [0.4, 0.5) is 17.2 Å². The number of H-pyrrole nitrogens is 1. The number of hydrogen-bond donors (Lipinski definition) is 2. The Hall–Kier alpha value is -3.91. The lowest BCUT2D eigenvalue weighted by atomic mass is 9.85. The number of aromatic amines is 1. The molecular weight excluding hydrogens is 414 g/mol. The Morgan fingerprint density at radius 1 is 1.06 bits per heavy atom. The van der Waals surface area contributed by atoms with Crippen LogP contribution in [0.15, 0.2) is 67.3 Å². The number of aromatic nitrogens is 5. The zero-order chi connectivity index (χ0) is 21.8. The summed E-state index contributed by atoms with van der Waals surface area (Å²) in [7, 11) is 0. The Bertz CT molecular complexity index is 1470. The summed E-state index contributed by atoms with van der Waals surface area (Å²) in [5.41, 5.74) is 6.21. The molecule has 3 aromatic heterocycles. The van der Waals surface area contributed by atoms with E-state index in [4.69, 9.17) is 9.72 Å². The molecule has 0 unspecified atom stereocenters. The summed E-state index contributed by atoms with van der Waals surface area (Å²) in [6.45, 7) is 3.97. The fourth-order valence-corrected chi connectivity index (χ4v) is 4.93. The smallest absolute Gasteiger partial charge is 0.198 e. The van der Waals surface area contributed by atoms with Crippen molar-refractivity contribution in [3.8, 4) is 11.3 Å². The van der Waals surface area contributed by atoms with Crippen molar-refractivity contribution in [3.05, 3.63) is 67.3 Å². The number of anilines is 3. The van der Waals surface area contributed by atoms with Crippen molar-refractivity contribution in [2.45, 2.75) is 6.42 Å². The fourth-order valence-electron chi connectivity index (χ4n) is 4.93. The molecule has 2 saturated heterocycles. The van der Waals surface area contributed by atoms with Crippen molar-refractivity contribution in [2.24, 2.45) is 5.41 Å². The van der Waals surface area contributed by atoms with Crippen LogP contribution in [0, 0.1) is 5.41 Å². The molecule has 5 aromatic rings. The third kappa shape index (κ3) is 3.14. The SMILES string of the molecule is c1nc2c(Nc3ccc(N4CCC5(COC5)C4)cc3)nc(-c3ccc4cc[nH]c4c3)cn2n1. The van der Waals surface area contributed by atoms with Gasteiger partial charge in [0.05, 0.1) is 25.1 Å². The molecule has 0 bridgehead atoms. The standard InChI is InChI=1S/C25H23N7O/c1-2-18(11-21-17(1)7-9-26-21)22-12-32-24(27-16-28-32)23(30-22)29-19-3-5-20(6-4-19)31-10-8-25(13-31)14-33-15-25/h1-7,9,11-12,16,26H,8,10,13-15H2,(H,29,30). The van der Waals surface area contributed by atoms with E-state index in [1.54, 1.807) is 10.8 Å². The molecule has 0 atom stereocenters. The minimum absolute atomic E-state index is 0.379. The number of nitrogens with one attached hydrogen (secondary N) is 2. The van der Waals surface area contributed by atoms with E-state index in [1.165, 1.54) is 17.5 Å². The molecule has 0 saturated carbocycles. The van der Waals surface area contributed by atoms with E-state index in [0.29, 0.717) is 16.9 Å². The average molecular weight is 438 g/mol. The van der Waals surface area contributed by atoms with Gasteiger partial charge < -0.3 is 19.9 Å². The fraction of sp³-hybridized carbons (Fsp3) is 0.240. The van der Waals surface area contributed by atoms with E-state index in [9.17, 15) is 0 Å². The largest absolute Gasteiger partial charge is 0.380 e. The zero-order valence-corrected chi connectivity index (χ0v) is 18.0. The van der Waals surface area contributed by atoms with Crippen molar-refractivity contribution in [3.63, 3.8) is 0 Å². The summed E-state index contributed by atoms with van der Waals surface area (Å²) >= 11 is 0. The lowest BCUT2D eigenvalue weighted by molar-refractivity contribution is -0.0985. The highest BCUT2D eigenvalue weighted by Crippen LogP contribution is 2.39. The van der Waals surface area contributed by atoms with Gasteiger partial charge in [0.2, 0.25) is 0 Å². The van der Waals surface area contributed by atoms with Gasteiger partial charge in [-0.3, -0.25) is 0 Å². The molecule has 2 fully saturated rings. The monoisotopic (exact) mass is 437 g/mol. The first kappa shape index (κ1) is 18.6. The lowest BCUT2D eigenvalue weighted by Gasteiger charge is -2.37. The molecule has 0 amide bonds. The van der Waals surface area contributed by atoms with Crippen LogP contribution in [0.1, 0.15) is 6.42 Å². The van der Waals surface area contributed by atoms with Crippen LogP contribution in [-0.4, -0.2) is 50.9 Å². The normalized spacial score (nSPS) is 17.2. The predicted octanol–water partition coefficient (Wildman–Crippen LogP) is 4.24. The summed E-state index contributed by atoms with van der Waals surface area (Å²) in [4.78, 5) is 15.0. The summed E-state index contributed by atoms with van der Waals surface area (Å²) in [6.07, 6.45) is 6.62. The highest BCUT2D eigenvalue weighted by atomic mass is 16.5. The summed E-state index contributed by atoms with van der Waals surface area (Å²) in [5.74, 6) is 0.677. The molecule has 8 nitrogen and oxygen atoms in total. The minimum Gasteiger partial charge on any atom is -0.380 e. The maximum absolute atomic E-state index is 5.46. The highest BCUT2D eigenvalue weighted by Gasteiger charge is 2.44. The molecule has 5 heterocycles. The minimum atomic E-state index is 0.379. The van der Waals surface area contributed by atoms with Gasteiger partial charge in [-0.15, -0.1) is 0 Å². The number of rotatable bonds is 4. The second-order valence-electron chi connectivity index (χ2n) is 9.12. The van der Waals surface area contributed by atoms with Crippen molar-refractivity contribution in [1.29, 1.82) is 0 Å². The third-order valence-electron chi connectivity index (χ3n) is 6.86. The average Bonchev–Trinajstić information content (AvgIpc) is 3.57. The molecule has 33 heavy (non-hydrogen) atoms. The van der Waals surface area contributed by atoms with Crippen LogP contribution >= 0.6 is 0 Å². The Morgan fingerprint density at radius 3 is 2.79 bits per heavy atom. The Kier molecular flexibility index (Phi) is 3.98. The molecule has 2 aliphatic rings. The Balaban J connectivity index is 1.18. The van der Waals surface area contributed by atoms with Crippen LogP contribution in [-0.2, 0) is 4.74 Å². The first-order chi connectivity index (χ1) is 16.2. The molecule has 0 radical (unpaired) electrons. The van der Waals surface area contributed by atoms with Crippen LogP contribution in [0.5, 0.6) is 0 Å². The van der Waals surface area contributed by atoms with Gasteiger partial charge >= 0.3 is 0 Å². The first-order valence-corrected chi connectivity index (χ1v) is 11.2. The van der Waals surface area contributed by atoms with Crippen molar-refractivity contribution >= 4 is 33.7 Å². The second kappa shape index (κ2) is 7.05. The quantitative estimate of drug-likeness (QED) is 0.438. The molecule has 164 valence electrons. The van der Waals surface area contributed by atoms with Gasteiger partial charge in [0, 0.05) is 47.2 Å². The first-order valence-electron chi connectivity index (χ1n) is 11.2. The van der Waals surface area contributed by atoms with E-state index in [-0.39, 0.29) is 0 Å². The Labute approximate surface area is 190 Å². The summed E-state index contributed by atoms with van der Waals surface area (Å²) in [5, 5.41) is 8.98. The van der Waals surface area contributed by atoms with Crippen molar-refractivity contribution < 1.29 is 4.74 Å². The molecule has 2 aliphatic heterocycles. The number of fused-ring (bicyclic) bond motifs is 2. The molecule has 2 N–H and O–H groups in total. The molecule has 1 spiro atoms. The van der Waals surface area contributed by atoms with Crippen LogP contribution < -0.4 is 10.2 Å². The van der Waals surface area contributed by atoms with Gasteiger partial charge in [0.15, 0.2) is 11.5 Å². The maximum Gasteiger partial charge on any atom is 0.198 e. The molecule has 2 aromatic carbocycles. The molecule has 0 aliphatic carbocycles. The topological polar surface area (TPSA) is 83.4 Å². The predicted molar refractivity (Wildman–Crippen MR) is 128 cm³/mol. The van der Waals surface area contributed by atoms with Crippen LogP contribution in [0.2, 0.25) is 0 Å². The summed E-state index contributed by atoms with van der Waals surface area (Å²) in [6, 6.07) is 16.9. The Morgan fingerprint density at radius 2 is 1.97 bits per heavy atom. The van der Waals surface area contributed by atoms with E-state index in [0.717, 1.165) is 48.8 Å². The number of ether oxygens (including phenoxy) is 1. The van der Waals surface area contributed by atoms with E-state index in [2.05, 4.69) is 73.8 Å². The van der Waals surface area contributed by atoms with Gasteiger partial charge in [-0.1, -0.05) is 12.1 Å². The van der Waals surface area contributed by atoms with Gasteiger partial charge in [0.1, 0.15) is 6.33 Å². The van der Waals surface area contributed by atoms with Gasteiger partial charge in [-0.2, -0.15) is 5.10 Å². The zero-order valence-electron chi connectivity index (χ0n) is 18.0. The molecule has 8 heteroatoms. The van der Waals surface area contributed by atoms with E-state index < -0.39 is 0 Å². The van der Waals surface area contributed by atoms with Crippen molar-refractivity contribution in [2.75, 3.05) is 36.5 Å². The van der Waals surface area contributed by atoms with Crippen LogP contribution in [0.3, 0.4) is 0 Å². The maximum atomic E-state index is 5.46. The summed E-state index contributed by atoms with van der Waals surface area (Å²) < 4.78 is 7.22. The van der Waals surface area contributed by atoms with Gasteiger partial charge in [-0.05, 0) is 48.2 Å². The molecular formula is C25H23N7O. The van der Waals surface area contributed by atoms with E-state index >= 15 is 0 Å². The third-order valence-corrected chi connectivity index (χ3v) is 6.86. The number of benzene rings is 2. The number of hydrogen-bond acceptors (Lipinski definition) is 6. The van der Waals surface area contributed by atoms with Gasteiger partial charge in [0.25, 0.3) is 0 Å². The number of nitrogens with zero attached hydrogens (tertiary/aromatic N) is 5. The highest BCUT2D eigenvalue weighted by molar-refractivity contribution is 5.84. The van der Waals surface area contributed by atoms with Crippen molar-refractivity contribution in [1.82, 2.24) is 24.6 Å². The van der Waals surface area contributed by atoms with Crippen LogP contribution in [0.25, 0.3) is 27.8 Å².